The van der Waals surface area contributed by atoms with E-state index in [4.69, 9.17) is 36.0 Å². The number of hydrogen-bond acceptors (Lipinski definition) is 7. The van der Waals surface area contributed by atoms with Crippen molar-refractivity contribution in [3.05, 3.63) is 17.4 Å². The Kier molecular flexibility index (Phi) is 5.23. The number of anilines is 1. The standard InChI is InChI=1S/C20H31ClN4O4Si/c1-19(2,3)30(6,7)26-10-12-13-14(29-20(4,5)28-13)17(27-12)25-9-8-11-15(21)23-18(22)24-16(11)25/h8-9,12-14,17H,10H2,1-7H3,(H2,22,23,24). The number of nitrogens with two attached hydrogens (primary N) is 1. The number of fused-ring (bicyclic) bond motifs is 2. The van der Waals surface area contributed by atoms with E-state index in [0.717, 1.165) is 0 Å². The van der Waals surface area contributed by atoms with Gasteiger partial charge in [0.05, 0.1) is 12.0 Å². The van der Waals surface area contributed by atoms with Crippen LogP contribution >= 0.6 is 11.6 Å². The molecule has 2 fully saturated rings. The van der Waals surface area contributed by atoms with Gasteiger partial charge >= 0.3 is 0 Å². The summed E-state index contributed by atoms with van der Waals surface area (Å²) in [4.78, 5) is 8.41. The molecule has 4 atom stereocenters. The van der Waals surface area contributed by atoms with E-state index in [1.54, 1.807) is 0 Å². The first-order valence-electron chi connectivity index (χ1n) is 10.2. The molecule has 0 aliphatic carbocycles. The molecule has 166 valence electrons. The molecule has 0 spiro atoms. The predicted octanol–water partition coefficient (Wildman–Crippen LogP) is 4.11. The minimum atomic E-state index is -1.94. The molecule has 0 amide bonds. The first kappa shape index (κ1) is 22.0. The van der Waals surface area contributed by atoms with Crippen LogP contribution in [-0.4, -0.2) is 53.6 Å². The average molecular weight is 455 g/mol. The number of nitrogen functional groups attached to an aromatic ring is 1. The monoisotopic (exact) mass is 454 g/mol. The lowest BCUT2D eigenvalue weighted by Crippen LogP contribution is -2.44. The van der Waals surface area contributed by atoms with Crippen LogP contribution in [0.3, 0.4) is 0 Å². The Labute approximate surface area is 183 Å². The highest BCUT2D eigenvalue weighted by Gasteiger charge is 2.56. The zero-order valence-electron chi connectivity index (χ0n) is 18.6. The lowest BCUT2D eigenvalue weighted by Gasteiger charge is -2.37. The molecule has 4 unspecified atom stereocenters. The van der Waals surface area contributed by atoms with Crippen LogP contribution in [0.1, 0.15) is 40.8 Å². The van der Waals surface area contributed by atoms with E-state index in [9.17, 15) is 0 Å². The molecule has 0 aromatic carbocycles. The number of aromatic nitrogens is 3. The molecule has 0 bridgehead atoms. The quantitative estimate of drug-likeness (QED) is 0.548. The molecule has 2 aliphatic heterocycles. The number of nitrogens with zero attached hydrogens (tertiary/aromatic N) is 3. The van der Waals surface area contributed by atoms with Crippen molar-refractivity contribution in [2.75, 3.05) is 12.3 Å². The molecule has 2 N–H and O–H groups in total. The third-order valence-corrected chi connectivity index (χ3v) is 11.1. The van der Waals surface area contributed by atoms with Crippen molar-refractivity contribution < 1.29 is 18.6 Å². The van der Waals surface area contributed by atoms with Crippen molar-refractivity contribution in [2.24, 2.45) is 0 Å². The summed E-state index contributed by atoms with van der Waals surface area (Å²) in [6.45, 7) is 15.4. The fourth-order valence-corrected chi connectivity index (χ4v) is 4.99. The molecular weight excluding hydrogens is 424 g/mol. The summed E-state index contributed by atoms with van der Waals surface area (Å²) < 4.78 is 27.2. The summed E-state index contributed by atoms with van der Waals surface area (Å²) in [5, 5.41) is 1.14. The van der Waals surface area contributed by atoms with Gasteiger partial charge in [0, 0.05) is 6.20 Å². The zero-order valence-corrected chi connectivity index (χ0v) is 20.4. The van der Waals surface area contributed by atoms with Crippen LogP contribution in [0.15, 0.2) is 12.3 Å². The zero-order chi connectivity index (χ0) is 22.1. The molecule has 2 aliphatic rings. The van der Waals surface area contributed by atoms with E-state index in [1.807, 2.05) is 30.7 Å². The maximum absolute atomic E-state index is 6.45. The molecule has 2 saturated heterocycles. The fourth-order valence-electron chi connectivity index (χ4n) is 3.74. The second-order valence-corrected chi connectivity index (χ2v) is 15.2. The van der Waals surface area contributed by atoms with E-state index in [0.29, 0.717) is 22.8 Å². The third-order valence-electron chi connectivity index (χ3n) is 6.36. The van der Waals surface area contributed by atoms with E-state index in [-0.39, 0.29) is 29.3 Å². The van der Waals surface area contributed by atoms with Gasteiger partial charge in [-0.05, 0) is 38.0 Å². The highest BCUT2D eigenvalue weighted by atomic mass is 35.5. The van der Waals surface area contributed by atoms with Gasteiger partial charge in [0.1, 0.15) is 29.1 Å². The maximum atomic E-state index is 6.45. The molecule has 30 heavy (non-hydrogen) atoms. The van der Waals surface area contributed by atoms with E-state index in [1.165, 1.54) is 0 Å². The van der Waals surface area contributed by atoms with Crippen molar-refractivity contribution in [3.8, 4) is 0 Å². The first-order valence-corrected chi connectivity index (χ1v) is 13.5. The summed E-state index contributed by atoms with van der Waals surface area (Å²) in [5.74, 6) is -0.593. The van der Waals surface area contributed by atoms with Crippen molar-refractivity contribution in [3.63, 3.8) is 0 Å². The molecular formula is C20H31ClN4O4Si. The Bertz CT molecular complexity index is 958. The summed E-state index contributed by atoms with van der Waals surface area (Å²) in [5.41, 5.74) is 6.44. The van der Waals surface area contributed by atoms with Crippen LogP contribution in [0.5, 0.6) is 0 Å². The number of halogens is 1. The highest BCUT2D eigenvalue weighted by molar-refractivity contribution is 6.74. The fraction of sp³-hybridized carbons (Fsp3) is 0.700. The molecule has 10 heteroatoms. The minimum Gasteiger partial charge on any atom is -0.414 e. The van der Waals surface area contributed by atoms with Crippen molar-refractivity contribution in [1.82, 2.24) is 14.5 Å². The minimum absolute atomic E-state index is 0.110. The smallest absolute Gasteiger partial charge is 0.223 e. The average Bonchev–Trinajstić information content (AvgIpc) is 3.23. The lowest BCUT2D eigenvalue weighted by molar-refractivity contribution is -0.199. The van der Waals surface area contributed by atoms with Gasteiger partial charge in [-0.1, -0.05) is 32.4 Å². The van der Waals surface area contributed by atoms with Gasteiger partial charge in [-0.25, -0.2) is 4.98 Å². The van der Waals surface area contributed by atoms with Crippen LogP contribution < -0.4 is 5.73 Å². The number of rotatable bonds is 4. The topological polar surface area (TPSA) is 93.7 Å². The van der Waals surface area contributed by atoms with Crippen molar-refractivity contribution in [1.29, 1.82) is 0 Å². The van der Waals surface area contributed by atoms with Crippen molar-refractivity contribution >= 4 is 36.9 Å². The Morgan fingerprint density at radius 2 is 1.90 bits per heavy atom. The Morgan fingerprint density at radius 3 is 2.57 bits per heavy atom. The molecule has 0 saturated carbocycles. The third kappa shape index (κ3) is 3.76. The van der Waals surface area contributed by atoms with Gasteiger partial charge in [0.15, 0.2) is 20.3 Å². The SMILES string of the molecule is CC1(C)OC2C(CO[Si](C)(C)C(C)(C)C)OC(n3ccc4c(Cl)nc(N)nc43)C2O1. The first-order chi connectivity index (χ1) is 13.8. The second-order valence-electron chi connectivity index (χ2n) is 10.0. The van der Waals surface area contributed by atoms with Gasteiger partial charge in [-0.2, -0.15) is 4.98 Å². The van der Waals surface area contributed by atoms with Crippen LogP contribution in [0.4, 0.5) is 5.95 Å². The number of ether oxygens (including phenoxy) is 3. The molecule has 0 radical (unpaired) electrons. The van der Waals surface area contributed by atoms with Gasteiger partial charge in [0.25, 0.3) is 0 Å². The van der Waals surface area contributed by atoms with E-state index < -0.39 is 20.3 Å². The molecule has 8 nitrogen and oxygen atoms in total. The Balaban J connectivity index is 1.64. The summed E-state index contributed by atoms with van der Waals surface area (Å²) in [6.07, 6.45) is 0.620. The molecule has 4 heterocycles. The van der Waals surface area contributed by atoms with Crippen LogP contribution in [0.2, 0.25) is 23.3 Å². The Morgan fingerprint density at radius 1 is 1.23 bits per heavy atom. The maximum Gasteiger partial charge on any atom is 0.223 e. The predicted molar refractivity (Wildman–Crippen MR) is 118 cm³/mol. The normalized spacial score (nSPS) is 28.9. The summed E-state index contributed by atoms with van der Waals surface area (Å²) >= 11 is 6.25. The molecule has 2 aromatic rings. The van der Waals surface area contributed by atoms with Gasteiger partial charge in [0.2, 0.25) is 5.95 Å². The van der Waals surface area contributed by atoms with Crippen molar-refractivity contribution in [2.45, 2.75) is 83.1 Å². The molecule has 2 aromatic heterocycles. The summed E-state index contributed by atoms with van der Waals surface area (Å²) in [7, 11) is -1.94. The van der Waals surface area contributed by atoms with Gasteiger partial charge in [-0.3, -0.25) is 0 Å². The summed E-state index contributed by atoms with van der Waals surface area (Å²) in [6, 6.07) is 1.86. The number of hydrogen-bond donors (Lipinski definition) is 1. The second kappa shape index (κ2) is 7.14. The Hall–Kier alpha value is -1.23. The lowest BCUT2D eigenvalue weighted by atomic mass is 10.1. The van der Waals surface area contributed by atoms with E-state index in [2.05, 4.69) is 43.8 Å². The van der Waals surface area contributed by atoms with Gasteiger partial charge < -0.3 is 28.9 Å². The highest BCUT2D eigenvalue weighted by Crippen LogP contribution is 2.45. The van der Waals surface area contributed by atoms with Crippen LogP contribution in [0.25, 0.3) is 11.0 Å². The molecule has 4 rings (SSSR count). The van der Waals surface area contributed by atoms with Gasteiger partial charge in [-0.15, -0.1) is 0 Å². The van der Waals surface area contributed by atoms with Crippen LogP contribution in [0, 0.1) is 0 Å². The van der Waals surface area contributed by atoms with E-state index >= 15 is 0 Å². The van der Waals surface area contributed by atoms with Crippen LogP contribution in [-0.2, 0) is 18.6 Å². The largest absolute Gasteiger partial charge is 0.414 e.